The predicted molar refractivity (Wildman–Crippen MR) is 46.8 cm³/mol. The van der Waals surface area contributed by atoms with E-state index >= 15 is 0 Å². The van der Waals surface area contributed by atoms with Crippen LogP contribution >= 0.6 is 11.6 Å². The molecule has 0 bridgehead atoms. The fourth-order valence-corrected chi connectivity index (χ4v) is 1.20. The minimum Gasteiger partial charge on any atom is -0.396 e. The topological polar surface area (TPSA) is 20.2 Å². The quantitative estimate of drug-likeness (QED) is 0.773. The summed E-state index contributed by atoms with van der Waals surface area (Å²) in [5, 5.41) is 9.06. The number of hydrogen-bond donors (Lipinski definition) is 1. The fourth-order valence-electron chi connectivity index (χ4n) is 1.00. The molecule has 0 heterocycles. The fraction of sp³-hybridized carbons (Fsp3) is 0.333. The van der Waals surface area contributed by atoms with Crippen LogP contribution in [-0.2, 0) is 6.42 Å². The first-order valence-electron chi connectivity index (χ1n) is 3.79. The molecule has 1 aromatic rings. The van der Waals surface area contributed by atoms with Gasteiger partial charge in [0.25, 0.3) is 0 Å². The van der Waals surface area contributed by atoms with Gasteiger partial charge < -0.3 is 5.11 Å². The maximum atomic E-state index is 13.0. The van der Waals surface area contributed by atoms with Gasteiger partial charge in [-0.1, -0.05) is 11.6 Å². The summed E-state index contributed by atoms with van der Waals surface area (Å²) in [6.45, 7) is 0.0754. The van der Waals surface area contributed by atoms with Crippen LogP contribution in [0, 0.1) is 5.82 Å². The highest BCUT2D eigenvalue weighted by Crippen LogP contribution is 2.15. The Balaban J connectivity index is 2.75. The molecule has 3 heteroatoms. The zero-order valence-corrected chi connectivity index (χ0v) is 7.31. The van der Waals surface area contributed by atoms with Crippen LogP contribution in [0.25, 0.3) is 0 Å². The number of halogens is 2. The molecule has 0 saturated heterocycles. The molecule has 0 unspecified atom stereocenters. The molecule has 0 aliphatic carbocycles. The van der Waals surface area contributed by atoms with Gasteiger partial charge in [-0.15, -0.1) is 0 Å². The lowest BCUT2D eigenvalue weighted by atomic mass is 10.1. The summed E-state index contributed by atoms with van der Waals surface area (Å²) in [5.74, 6) is -0.257. The maximum Gasteiger partial charge on any atom is 0.126 e. The molecule has 0 atom stereocenters. The second-order valence-corrected chi connectivity index (χ2v) is 3.00. The number of benzene rings is 1. The third-order valence-corrected chi connectivity index (χ3v) is 1.85. The van der Waals surface area contributed by atoms with Crippen molar-refractivity contribution in [1.29, 1.82) is 0 Å². The van der Waals surface area contributed by atoms with Crippen LogP contribution in [-0.4, -0.2) is 11.7 Å². The molecule has 0 spiro atoms. The molecular formula is C9H10ClFO. The Morgan fingerprint density at radius 3 is 2.83 bits per heavy atom. The smallest absolute Gasteiger partial charge is 0.126 e. The number of rotatable bonds is 3. The van der Waals surface area contributed by atoms with Crippen molar-refractivity contribution >= 4 is 11.6 Å². The minimum absolute atomic E-state index is 0.0754. The highest BCUT2D eigenvalue weighted by molar-refractivity contribution is 6.30. The Morgan fingerprint density at radius 1 is 1.42 bits per heavy atom. The summed E-state index contributed by atoms with van der Waals surface area (Å²) < 4.78 is 13.0. The SMILES string of the molecule is OCCCc1cc(Cl)ccc1F. The van der Waals surface area contributed by atoms with Gasteiger partial charge in [-0.3, -0.25) is 0 Å². The molecule has 12 heavy (non-hydrogen) atoms. The highest BCUT2D eigenvalue weighted by Gasteiger charge is 2.01. The first kappa shape index (κ1) is 9.49. The summed E-state index contributed by atoms with van der Waals surface area (Å²) in [6, 6.07) is 4.45. The molecule has 0 amide bonds. The predicted octanol–water partition coefficient (Wildman–Crippen LogP) is 2.40. The molecule has 1 rings (SSSR count). The van der Waals surface area contributed by atoms with Gasteiger partial charge in [0.05, 0.1) is 0 Å². The molecule has 1 nitrogen and oxygen atoms in total. The van der Waals surface area contributed by atoms with Gasteiger partial charge in [0.2, 0.25) is 0 Å². The van der Waals surface area contributed by atoms with Crippen LogP contribution in [0.2, 0.25) is 5.02 Å². The molecule has 66 valence electrons. The molecule has 0 saturated carbocycles. The lowest BCUT2D eigenvalue weighted by Crippen LogP contribution is -1.93. The van der Waals surface area contributed by atoms with Crippen molar-refractivity contribution in [2.24, 2.45) is 0 Å². The van der Waals surface area contributed by atoms with Crippen LogP contribution in [0.3, 0.4) is 0 Å². The second kappa shape index (κ2) is 4.43. The van der Waals surface area contributed by atoms with E-state index in [1.807, 2.05) is 0 Å². The Hall–Kier alpha value is -0.600. The summed E-state index contributed by atoms with van der Waals surface area (Å²) in [4.78, 5) is 0. The Bertz CT molecular complexity index is 263. The minimum atomic E-state index is -0.257. The van der Waals surface area contributed by atoms with E-state index in [4.69, 9.17) is 16.7 Å². The second-order valence-electron chi connectivity index (χ2n) is 2.56. The van der Waals surface area contributed by atoms with Gasteiger partial charge in [-0.2, -0.15) is 0 Å². The summed E-state index contributed by atoms with van der Waals surface area (Å²) >= 11 is 5.67. The summed E-state index contributed by atoms with van der Waals surface area (Å²) in [7, 11) is 0. The normalized spacial score (nSPS) is 10.2. The van der Waals surface area contributed by atoms with E-state index in [9.17, 15) is 4.39 Å². The van der Waals surface area contributed by atoms with Crippen molar-refractivity contribution in [3.63, 3.8) is 0 Å². The van der Waals surface area contributed by atoms with Crippen molar-refractivity contribution in [3.05, 3.63) is 34.6 Å². The number of hydrogen-bond acceptors (Lipinski definition) is 1. The van der Waals surface area contributed by atoms with Gasteiger partial charge in [-0.25, -0.2) is 4.39 Å². The van der Waals surface area contributed by atoms with Crippen LogP contribution in [0.4, 0.5) is 4.39 Å². The largest absolute Gasteiger partial charge is 0.396 e. The van der Waals surface area contributed by atoms with Crippen molar-refractivity contribution in [1.82, 2.24) is 0 Å². The number of aryl methyl sites for hydroxylation is 1. The van der Waals surface area contributed by atoms with Crippen molar-refractivity contribution in [3.8, 4) is 0 Å². The molecule has 1 aromatic carbocycles. The molecule has 0 fully saturated rings. The van der Waals surface area contributed by atoms with E-state index < -0.39 is 0 Å². The number of aliphatic hydroxyl groups excluding tert-OH is 1. The van der Waals surface area contributed by atoms with Crippen molar-refractivity contribution < 1.29 is 9.50 Å². The van der Waals surface area contributed by atoms with Crippen molar-refractivity contribution in [2.45, 2.75) is 12.8 Å². The van der Waals surface area contributed by atoms with Crippen molar-refractivity contribution in [2.75, 3.05) is 6.61 Å². The molecule has 0 aliphatic rings. The van der Waals surface area contributed by atoms with Gasteiger partial charge in [-0.05, 0) is 36.6 Å². The van der Waals surface area contributed by atoms with Gasteiger partial charge in [0.1, 0.15) is 5.82 Å². The standard InChI is InChI=1S/C9H10ClFO/c10-8-3-4-9(11)7(6-8)2-1-5-12/h3-4,6,12H,1-2,5H2. The first-order valence-corrected chi connectivity index (χ1v) is 4.16. The van der Waals surface area contributed by atoms with E-state index in [1.165, 1.54) is 12.1 Å². The van der Waals surface area contributed by atoms with E-state index in [0.29, 0.717) is 23.4 Å². The van der Waals surface area contributed by atoms with E-state index in [2.05, 4.69) is 0 Å². The average molecular weight is 189 g/mol. The van der Waals surface area contributed by atoms with E-state index in [-0.39, 0.29) is 12.4 Å². The molecule has 0 radical (unpaired) electrons. The maximum absolute atomic E-state index is 13.0. The Kier molecular flexibility index (Phi) is 3.50. The zero-order chi connectivity index (χ0) is 8.97. The van der Waals surface area contributed by atoms with Crippen LogP contribution < -0.4 is 0 Å². The lowest BCUT2D eigenvalue weighted by Gasteiger charge is -2.01. The van der Waals surface area contributed by atoms with Crippen LogP contribution in [0.1, 0.15) is 12.0 Å². The Morgan fingerprint density at radius 2 is 2.17 bits per heavy atom. The lowest BCUT2D eigenvalue weighted by molar-refractivity contribution is 0.288. The van der Waals surface area contributed by atoms with Gasteiger partial charge >= 0.3 is 0 Å². The molecule has 1 N–H and O–H groups in total. The van der Waals surface area contributed by atoms with Gasteiger partial charge in [0, 0.05) is 11.6 Å². The summed E-state index contributed by atoms with van der Waals surface area (Å²) in [5.41, 5.74) is 0.566. The average Bonchev–Trinajstić information content (AvgIpc) is 2.07. The third-order valence-electron chi connectivity index (χ3n) is 1.61. The first-order chi connectivity index (χ1) is 5.74. The summed E-state index contributed by atoms with van der Waals surface area (Å²) in [6.07, 6.45) is 1.10. The molecular weight excluding hydrogens is 179 g/mol. The monoisotopic (exact) mass is 188 g/mol. The molecule has 0 aromatic heterocycles. The van der Waals surface area contributed by atoms with Crippen LogP contribution in [0.5, 0.6) is 0 Å². The zero-order valence-electron chi connectivity index (χ0n) is 6.56. The van der Waals surface area contributed by atoms with Crippen LogP contribution in [0.15, 0.2) is 18.2 Å². The number of aliphatic hydroxyl groups is 1. The van der Waals surface area contributed by atoms with E-state index in [1.54, 1.807) is 6.07 Å². The highest BCUT2D eigenvalue weighted by atomic mass is 35.5. The third kappa shape index (κ3) is 2.47. The Labute approximate surface area is 75.8 Å². The molecule has 0 aliphatic heterocycles. The van der Waals surface area contributed by atoms with Gasteiger partial charge in [0.15, 0.2) is 0 Å². The van der Waals surface area contributed by atoms with E-state index in [0.717, 1.165) is 0 Å².